The van der Waals surface area contributed by atoms with Crippen LogP contribution in [0.5, 0.6) is 0 Å². The van der Waals surface area contributed by atoms with Crippen LogP contribution < -0.4 is 4.90 Å². The second kappa shape index (κ2) is 5.63. The summed E-state index contributed by atoms with van der Waals surface area (Å²) in [7, 11) is 4.26. The summed E-state index contributed by atoms with van der Waals surface area (Å²) < 4.78 is 0. The van der Waals surface area contributed by atoms with E-state index >= 15 is 0 Å². The van der Waals surface area contributed by atoms with Gasteiger partial charge >= 0.3 is 0 Å². The molecule has 5 heteroatoms. The van der Waals surface area contributed by atoms with Crippen LogP contribution in [0.1, 0.15) is 37.6 Å². The third-order valence-electron chi connectivity index (χ3n) is 3.79. The number of hydrogen-bond donors (Lipinski definition) is 0. The molecule has 1 unspecified atom stereocenters. The van der Waals surface area contributed by atoms with Gasteiger partial charge in [0.25, 0.3) is 0 Å². The summed E-state index contributed by atoms with van der Waals surface area (Å²) in [6, 6.07) is 0.593. The molecule has 1 aliphatic rings. The lowest BCUT2D eigenvalue weighted by atomic mass is 10.2. The molecule has 0 radical (unpaired) electrons. The molecule has 1 fully saturated rings. The minimum atomic E-state index is 0.295. The molecule has 0 aliphatic carbocycles. The third-order valence-corrected chi connectivity index (χ3v) is 4.16. The van der Waals surface area contributed by atoms with Gasteiger partial charge in [-0.3, -0.25) is 0 Å². The highest BCUT2D eigenvalue weighted by Gasteiger charge is 2.27. The van der Waals surface area contributed by atoms with Crippen LogP contribution in [0.25, 0.3) is 0 Å². The Kier molecular flexibility index (Phi) is 4.31. The van der Waals surface area contributed by atoms with Crippen molar-refractivity contribution in [3.63, 3.8) is 0 Å². The SMILES string of the molecule is Cc1c(Cl)nc(C(C)C)nc1N1CCC(N(C)C)C1. The number of aromatic nitrogens is 2. The van der Waals surface area contributed by atoms with Crippen LogP contribution in [0.4, 0.5) is 5.82 Å². The van der Waals surface area contributed by atoms with E-state index in [1.807, 2.05) is 6.92 Å². The van der Waals surface area contributed by atoms with Crippen molar-refractivity contribution in [1.29, 1.82) is 0 Å². The first-order chi connectivity index (χ1) is 8.90. The molecule has 4 nitrogen and oxygen atoms in total. The average Bonchev–Trinajstić information content (AvgIpc) is 2.81. The van der Waals surface area contributed by atoms with Crippen LogP contribution in [0.15, 0.2) is 0 Å². The zero-order chi connectivity index (χ0) is 14.2. The fourth-order valence-corrected chi connectivity index (χ4v) is 2.59. The smallest absolute Gasteiger partial charge is 0.137 e. The maximum Gasteiger partial charge on any atom is 0.137 e. The van der Waals surface area contributed by atoms with E-state index in [1.54, 1.807) is 0 Å². The summed E-state index contributed by atoms with van der Waals surface area (Å²) in [5.74, 6) is 2.14. The quantitative estimate of drug-likeness (QED) is 0.798. The van der Waals surface area contributed by atoms with E-state index in [9.17, 15) is 0 Å². The van der Waals surface area contributed by atoms with Gasteiger partial charge in [0.2, 0.25) is 0 Å². The zero-order valence-electron chi connectivity index (χ0n) is 12.4. The van der Waals surface area contributed by atoms with E-state index in [1.165, 1.54) is 6.42 Å². The molecule has 0 amide bonds. The Labute approximate surface area is 120 Å². The van der Waals surface area contributed by atoms with Gasteiger partial charge in [0.15, 0.2) is 0 Å². The predicted molar refractivity (Wildman–Crippen MR) is 80.2 cm³/mol. The largest absolute Gasteiger partial charge is 0.355 e. The van der Waals surface area contributed by atoms with Gasteiger partial charge in [0.05, 0.1) is 0 Å². The lowest BCUT2D eigenvalue weighted by Crippen LogP contribution is -2.32. The van der Waals surface area contributed by atoms with E-state index < -0.39 is 0 Å². The summed E-state index contributed by atoms with van der Waals surface area (Å²) in [4.78, 5) is 13.7. The zero-order valence-corrected chi connectivity index (χ0v) is 13.2. The Morgan fingerprint density at radius 1 is 1.32 bits per heavy atom. The van der Waals surface area contributed by atoms with E-state index in [4.69, 9.17) is 16.6 Å². The molecule has 106 valence electrons. The second-order valence-electron chi connectivity index (χ2n) is 5.83. The molecular formula is C14H23ClN4. The highest BCUT2D eigenvalue weighted by atomic mass is 35.5. The van der Waals surface area contributed by atoms with Gasteiger partial charge in [0, 0.05) is 30.6 Å². The molecule has 0 N–H and O–H groups in total. The summed E-state index contributed by atoms with van der Waals surface area (Å²) in [5, 5.41) is 0.585. The van der Waals surface area contributed by atoms with E-state index in [0.29, 0.717) is 17.1 Å². The molecule has 0 spiro atoms. The normalized spacial score (nSPS) is 19.8. The van der Waals surface area contributed by atoms with Crippen LogP contribution in [0.2, 0.25) is 5.15 Å². The van der Waals surface area contributed by atoms with Crippen molar-refractivity contribution in [2.75, 3.05) is 32.1 Å². The third kappa shape index (κ3) is 3.00. The van der Waals surface area contributed by atoms with Gasteiger partial charge in [-0.1, -0.05) is 25.4 Å². The van der Waals surface area contributed by atoms with Crippen molar-refractivity contribution in [1.82, 2.24) is 14.9 Å². The number of hydrogen-bond acceptors (Lipinski definition) is 4. The Morgan fingerprint density at radius 3 is 2.53 bits per heavy atom. The van der Waals surface area contributed by atoms with Gasteiger partial charge in [0.1, 0.15) is 16.8 Å². The van der Waals surface area contributed by atoms with Gasteiger partial charge < -0.3 is 9.80 Å². The van der Waals surface area contributed by atoms with E-state index in [2.05, 4.69) is 42.7 Å². The van der Waals surface area contributed by atoms with Crippen LogP contribution in [-0.4, -0.2) is 48.1 Å². The highest BCUT2D eigenvalue weighted by Crippen LogP contribution is 2.28. The van der Waals surface area contributed by atoms with Crippen LogP contribution in [0.3, 0.4) is 0 Å². The van der Waals surface area contributed by atoms with Crippen molar-refractivity contribution in [2.24, 2.45) is 0 Å². The van der Waals surface area contributed by atoms with Crippen LogP contribution >= 0.6 is 11.6 Å². The van der Waals surface area contributed by atoms with Crippen LogP contribution in [-0.2, 0) is 0 Å². The molecule has 0 bridgehead atoms. The molecule has 2 rings (SSSR count). The number of likely N-dealkylation sites (N-methyl/N-ethyl adjacent to an activating group) is 1. The van der Waals surface area contributed by atoms with Gasteiger partial charge in [-0.2, -0.15) is 0 Å². The number of anilines is 1. The molecule has 0 aromatic carbocycles. The summed E-state index contributed by atoms with van der Waals surface area (Å²) >= 11 is 6.25. The summed E-state index contributed by atoms with van der Waals surface area (Å²) in [6.45, 7) is 8.24. The topological polar surface area (TPSA) is 32.3 Å². The fourth-order valence-electron chi connectivity index (χ4n) is 2.42. The molecule has 2 heterocycles. The Bertz CT molecular complexity index is 459. The van der Waals surface area contributed by atoms with Crippen molar-refractivity contribution in [2.45, 2.75) is 39.2 Å². The number of halogens is 1. The van der Waals surface area contributed by atoms with Gasteiger partial charge in [-0.05, 0) is 27.4 Å². The Morgan fingerprint density at radius 2 is 2.00 bits per heavy atom. The predicted octanol–water partition coefficient (Wildman–Crippen LogP) is 2.70. The van der Waals surface area contributed by atoms with Crippen molar-refractivity contribution in [3.05, 3.63) is 16.5 Å². The second-order valence-corrected chi connectivity index (χ2v) is 6.19. The molecule has 1 atom stereocenters. The molecule has 1 aliphatic heterocycles. The molecule has 0 saturated carbocycles. The first-order valence-electron chi connectivity index (χ1n) is 6.85. The molecule has 1 saturated heterocycles. The van der Waals surface area contributed by atoms with Crippen LogP contribution in [0, 0.1) is 6.92 Å². The monoisotopic (exact) mass is 282 g/mol. The Hall–Kier alpha value is -0.870. The molecular weight excluding hydrogens is 260 g/mol. The first-order valence-corrected chi connectivity index (χ1v) is 7.23. The molecule has 1 aromatic rings. The molecule has 1 aromatic heterocycles. The highest BCUT2D eigenvalue weighted by molar-refractivity contribution is 6.30. The minimum absolute atomic E-state index is 0.295. The van der Waals surface area contributed by atoms with E-state index in [-0.39, 0.29) is 0 Å². The number of rotatable bonds is 3. The van der Waals surface area contributed by atoms with Crippen molar-refractivity contribution in [3.8, 4) is 0 Å². The standard InChI is InChI=1S/C14H23ClN4/c1-9(2)13-16-12(15)10(3)14(17-13)19-7-6-11(8-19)18(4)5/h9,11H,6-8H2,1-5H3. The minimum Gasteiger partial charge on any atom is -0.355 e. The van der Waals surface area contributed by atoms with E-state index in [0.717, 1.165) is 30.3 Å². The van der Waals surface area contributed by atoms with Gasteiger partial charge in [-0.25, -0.2) is 9.97 Å². The first kappa shape index (κ1) is 14.5. The number of nitrogens with zero attached hydrogens (tertiary/aromatic N) is 4. The summed E-state index contributed by atoms with van der Waals surface area (Å²) in [6.07, 6.45) is 1.17. The molecule has 19 heavy (non-hydrogen) atoms. The Balaban J connectivity index is 2.30. The average molecular weight is 283 g/mol. The lowest BCUT2D eigenvalue weighted by molar-refractivity contribution is 0.315. The summed E-state index contributed by atoms with van der Waals surface area (Å²) in [5.41, 5.74) is 0.991. The maximum atomic E-state index is 6.25. The van der Waals surface area contributed by atoms with Crippen molar-refractivity contribution >= 4 is 17.4 Å². The fraction of sp³-hybridized carbons (Fsp3) is 0.714. The van der Waals surface area contributed by atoms with Gasteiger partial charge in [-0.15, -0.1) is 0 Å². The lowest BCUT2D eigenvalue weighted by Gasteiger charge is -2.23. The van der Waals surface area contributed by atoms with Crippen molar-refractivity contribution < 1.29 is 0 Å². The maximum absolute atomic E-state index is 6.25.